The first-order valence-corrected chi connectivity index (χ1v) is 10.5. The number of rotatable bonds is 2. The van der Waals surface area contributed by atoms with Gasteiger partial charge in [0.15, 0.2) is 6.20 Å². The van der Waals surface area contributed by atoms with Crippen LogP contribution in [0.15, 0.2) is 60.8 Å². The Morgan fingerprint density at radius 2 is 1.66 bits per heavy atom. The molecular weight excluding hydrogens is 352 g/mol. The average molecular weight is 378 g/mol. The molecule has 0 saturated carbocycles. The van der Waals surface area contributed by atoms with Gasteiger partial charge in [-0.25, -0.2) is 0 Å². The van der Waals surface area contributed by atoms with Crippen LogP contribution >= 0.6 is 0 Å². The Balaban J connectivity index is 2.04. The van der Waals surface area contributed by atoms with Gasteiger partial charge in [-0.05, 0) is 41.8 Å². The van der Waals surface area contributed by atoms with Crippen molar-refractivity contribution in [1.29, 1.82) is 0 Å². The number of benzene rings is 3. The van der Waals surface area contributed by atoms with Crippen molar-refractivity contribution in [1.82, 2.24) is 4.40 Å². The molecule has 2 nitrogen and oxygen atoms in total. The lowest BCUT2D eigenvalue weighted by molar-refractivity contribution is -0.644. The molecule has 3 heterocycles. The maximum atomic E-state index is 2.55. The van der Waals surface area contributed by atoms with Gasteiger partial charge in [0.1, 0.15) is 12.6 Å². The molecule has 3 aromatic carbocycles. The van der Waals surface area contributed by atoms with Crippen LogP contribution in [-0.4, -0.2) is 4.40 Å². The summed E-state index contributed by atoms with van der Waals surface area (Å²) in [5, 5.41) is 6.79. The zero-order chi connectivity index (χ0) is 19.9. The Hall–Kier alpha value is -3.13. The number of nitrogens with zero attached hydrogens (tertiary/aromatic N) is 2. The molecule has 142 valence electrons. The summed E-state index contributed by atoms with van der Waals surface area (Å²) < 4.78 is 4.85. The minimum atomic E-state index is 0.621. The lowest BCUT2D eigenvalue weighted by Gasteiger charge is -2.14. The molecule has 29 heavy (non-hydrogen) atoms. The summed E-state index contributed by atoms with van der Waals surface area (Å²) in [6.07, 6.45) is 3.31. The van der Waals surface area contributed by atoms with Crippen molar-refractivity contribution in [3.05, 3.63) is 71.9 Å². The summed E-state index contributed by atoms with van der Waals surface area (Å²) in [5.74, 6) is 0.621. The van der Waals surface area contributed by atoms with Crippen LogP contribution < -0.4 is 4.57 Å². The third kappa shape index (κ3) is 2.09. The predicted molar refractivity (Wildman–Crippen MR) is 123 cm³/mol. The average Bonchev–Trinajstić information content (AvgIpc) is 3.04. The van der Waals surface area contributed by atoms with Gasteiger partial charge in [0.25, 0.3) is 0 Å². The van der Waals surface area contributed by atoms with E-state index in [1.807, 2.05) is 0 Å². The minimum Gasteiger partial charge on any atom is -0.303 e. The van der Waals surface area contributed by atoms with E-state index < -0.39 is 0 Å². The molecule has 0 radical (unpaired) electrons. The Morgan fingerprint density at radius 1 is 0.862 bits per heavy atom. The number of hydrogen-bond acceptors (Lipinski definition) is 0. The molecule has 0 aliphatic rings. The third-order valence-electron chi connectivity index (χ3n) is 6.49. The van der Waals surface area contributed by atoms with Gasteiger partial charge >= 0.3 is 0 Å². The van der Waals surface area contributed by atoms with E-state index in [2.05, 4.69) is 97.6 Å². The van der Waals surface area contributed by atoms with Crippen LogP contribution in [0.2, 0.25) is 0 Å². The summed E-state index contributed by atoms with van der Waals surface area (Å²) in [6, 6.07) is 20.4. The highest BCUT2D eigenvalue weighted by atomic mass is 15.0. The van der Waals surface area contributed by atoms with Crippen LogP contribution in [0.5, 0.6) is 0 Å². The SMILES string of the molecule is Cc1ccc2cccc3c2c1c1c2c(cc[n+]1C)c1cccc(CC(C)C)c1n32. The van der Waals surface area contributed by atoms with Crippen LogP contribution in [0.4, 0.5) is 0 Å². The van der Waals surface area contributed by atoms with Gasteiger partial charge in [0.05, 0.1) is 16.4 Å². The Labute approximate surface area is 170 Å². The van der Waals surface area contributed by atoms with E-state index in [1.165, 1.54) is 60.1 Å². The number of aryl methyl sites for hydroxylation is 2. The van der Waals surface area contributed by atoms with E-state index >= 15 is 0 Å². The molecule has 6 aromatic rings. The normalized spacial score (nSPS) is 12.6. The van der Waals surface area contributed by atoms with Gasteiger partial charge in [-0.15, -0.1) is 0 Å². The van der Waals surface area contributed by atoms with Gasteiger partial charge in [-0.2, -0.15) is 4.57 Å². The minimum absolute atomic E-state index is 0.621. The van der Waals surface area contributed by atoms with Crippen LogP contribution in [-0.2, 0) is 13.5 Å². The fraction of sp³-hybridized carbons (Fsp3) is 0.222. The largest absolute Gasteiger partial charge is 0.303 e. The molecule has 0 bridgehead atoms. The smallest absolute Gasteiger partial charge is 0.238 e. The van der Waals surface area contributed by atoms with E-state index in [0.717, 1.165) is 6.42 Å². The van der Waals surface area contributed by atoms with E-state index in [4.69, 9.17) is 0 Å². The van der Waals surface area contributed by atoms with E-state index in [0.29, 0.717) is 5.92 Å². The van der Waals surface area contributed by atoms with Gasteiger partial charge in [-0.3, -0.25) is 0 Å². The highest BCUT2D eigenvalue weighted by molar-refractivity contribution is 6.25. The molecule has 0 fully saturated rings. The van der Waals surface area contributed by atoms with Crippen molar-refractivity contribution in [3.8, 4) is 0 Å². The van der Waals surface area contributed by atoms with Gasteiger partial charge in [0, 0.05) is 22.2 Å². The van der Waals surface area contributed by atoms with E-state index in [9.17, 15) is 0 Å². The van der Waals surface area contributed by atoms with Crippen molar-refractivity contribution in [2.45, 2.75) is 27.2 Å². The molecule has 0 spiro atoms. The quantitative estimate of drug-likeness (QED) is 0.190. The summed E-state index contributed by atoms with van der Waals surface area (Å²) in [7, 11) is 2.18. The monoisotopic (exact) mass is 377 g/mol. The van der Waals surface area contributed by atoms with Crippen LogP contribution in [0, 0.1) is 12.8 Å². The fourth-order valence-corrected chi connectivity index (χ4v) is 5.36. The molecule has 2 heteroatoms. The summed E-state index contributed by atoms with van der Waals surface area (Å²) >= 11 is 0. The highest BCUT2D eigenvalue weighted by Gasteiger charge is 2.24. The first-order valence-electron chi connectivity index (χ1n) is 10.5. The van der Waals surface area contributed by atoms with E-state index in [1.54, 1.807) is 0 Å². The Morgan fingerprint density at radius 3 is 2.48 bits per heavy atom. The van der Waals surface area contributed by atoms with Crippen LogP contribution in [0.25, 0.3) is 49.0 Å². The molecule has 0 saturated heterocycles. The van der Waals surface area contributed by atoms with E-state index in [-0.39, 0.29) is 0 Å². The molecular formula is C27H25N2+. The van der Waals surface area contributed by atoms with Gasteiger partial charge < -0.3 is 4.40 Å². The molecule has 0 N–H and O–H groups in total. The first-order chi connectivity index (χ1) is 14.1. The molecule has 0 amide bonds. The Kier molecular flexibility index (Phi) is 3.30. The molecule has 6 rings (SSSR count). The lowest BCUT2D eigenvalue weighted by atomic mass is 9.98. The zero-order valence-corrected chi connectivity index (χ0v) is 17.5. The second kappa shape index (κ2) is 5.70. The van der Waals surface area contributed by atoms with Crippen molar-refractivity contribution in [2.75, 3.05) is 0 Å². The molecule has 0 aliphatic carbocycles. The summed E-state index contributed by atoms with van der Waals surface area (Å²) in [5.41, 5.74) is 8.15. The van der Waals surface area contributed by atoms with Gasteiger partial charge in [0.2, 0.25) is 5.52 Å². The molecule has 3 aromatic heterocycles. The van der Waals surface area contributed by atoms with Gasteiger partial charge in [-0.1, -0.05) is 56.3 Å². The number of hydrogen-bond donors (Lipinski definition) is 0. The molecule has 0 aliphatic heterocycles. The first kappa shape index (κ1) is 16.8. The number of pyridine rings is 2. The van der Waals surface area contributed by atoms with Crippen molar-refractivity contribution in [3.63, 3.8) is 0 Å². The number of fused-ring (bicyclic) bond motifs is 5. The topological polar surface area (TPSA) is 8.29 Å². The highest BCUT2D eigenvalue weighted by Crippen LogP contribution is 2.41. The van der Waals surface area contributed by atoms with Crippen molar-refractivity contribution < 1.29 is 4.57 Å². The third-order valence-corrected chi connectivity index (χ3v) is 6.49. The summed E-state index contributed by atoms with van der Waals surface area (Å²) in [4.78, 5) is 0. The maximum absolute atomic E-state index is 2.55. The Bertz CT molecular complexity index is 1570. The van der Waals surface area contributed by atoms with Crippen molar-refractivity contribution in [2.24, 2.45) is 13.0 Å². The zero-order valence-electron chi connectivity index (χ0n) is 17.5. The maximum Gasteiger partial charge on any atom is 0.238 e. The molecule has 0 unspecified atom stereocenters. The number of para-hydroxylation sites is 1. The fourth-order valence-electron chi connectivity index (χ4n) is 5.36. The lowest BCUT2D eigenvalue weighted by Crippen LogP contribution is -2.28. The second-order valence-electron chi connectivity index (χ2n) is 8.92. The second-order valence-corrected chi connectivity index (χ2v) is 8.92. The van der Waals surface area contributed by atoms with Crippen LogP contribution in [0.1, 0.15) is 25.0 Å². The standard InChI is InChI=1S/C27H25N2/c1-16(2)15-19-8-5-9-20-21-13-14-28(4)27-23-17(3)11-12-18-7-6-10-22(24(18)23)29(25(19)20)26(21)27/h5-14,16H,15H2,1-4H3/q+1. The number of aromatic nitrogens is 2. The summed E-state index contributed by atoms with van der Waals surface area (Å²) in [6.45, 7) is 6.86. The van der Waals surface area contributed by atoms with Crippen LogP contribution in [0.3, 0.4) is 0 Å². The van der Waals surface area contributed by atoms with Crippen molar-refractivity contribution >= 4 is 49.0 Å². The molecule has 0 atom stereocenters. The predicted octanol–water partition coefficient (Wildman–Crippen LogP) is 6.32.